The van der Waals surface area contributed by atoms with Gasteiger partial charge in [-0.25, -0.2) is 4.98 Å². The molecule has 0 bridgehead atoms. The van der Waals surface area contributed by atoms with Crippen LogP contribution in [0, 0.1) is 5.92 Å². The third-order valence-electron chi connectivity index (χ3n) is 2.51. The quantitative estimate of drug-likeness (QED) is 0.752. The van der Waals surface area contributed by atoms with Crippen molar-refractivity contribution in [2.24, 2.45) is 5.92 Å². The lowest BCUT2D eigenvalue weighted by molar-refractivity contribution is 0.333. The van der Waals surface area contributed by atoms with Gasteiger partial charge in [-0.1, -0.05) is 24.1 Å². The van der Waals surface area contributed by atoms with Gasteiger partial charge in [0, 0.05) is 6.54 Å². The topological polar surface area (TPSA) is 24.9 Å². The van der Waals surface area contributed by atoms with Gasteiger partial charge in [0.25, 0.3) is 0 Å². The summed E-state index contributed by atoms with van der Waals surface area (Å²) in [6.45, 7) is 1.04. The van der Waals surface area contributed by atoms with Gasteiger partial charge in [-0.2, -0.15) is 0 Å². The fourth-order valence-corrected chi connectivity index (χ4v) is 1.62. The third kappa shape index (κ3) is 2.34. The molecule has 1 aromatic rings. The Labute approximate surface area is 83.3 Å². The van der Waals surface area contributed by atoms with Crippen molar-refractivity contribution in [1.29, 1.82) is 0 Å². The molecule has 2 nitrogen and oxygen atoms in total. The lowest BCUT2D eigenvalue weighted by Gasteiger charge is -2.25. The van der Waals surface area contributed by atoms with E-state index in [1.54, 1.807) is 6.07 Å². The Bertz CT molecular complexity index is 284. The molecule has 0 radical (unpaired) electrons. The van der Waals surface area contributed by atoms with Crippen molar-refractivity contribution < 1.29 is 0 Å². The Morgan fingerprint density at radius 1 is 1.46 bits per heavy atom. The Balaban J connectivity index is 1.86. The van der Waals surface area contributed by atoms with E-state index in [-0.39, 0.29) is 0 Å². The number of hydrogen-bond acceptors (Lipinski definition) is 2. The van der Waals surface area contributed by atoms with Gasteiger partial charge in [0.1, 0.15) is 11.0 Å². The van der Waals surface area contributed by atoms with Crippen molar-refractivity contribution in [2.75, 3.05) is 11.9 Å². The zero-order valence-electron chi connectivity index (χ0n) is 7.46. The molecule has 0 aromatic carbocycles. The van der Waals surface area contributed by atoms with E-state index in [1.807, 2.05) is 12.1 Å². The molecule has 0 spiro atoms. The van der Waals surface area contributed by atoms with E-state index in [4.69, 9.17) is 11.6 Å². The molecule has 0 amide bonds. The summed E-state index contributed by atoms with van der Waals surface area (Å²) in [5, 5.41) is 3.85. The highest BCUT2D eigenvalue weighted by Gasteiger charge is 2.16. The molecule has 1 N–H and O–H groups in total. The van der Waals surface area contributed by atoms with Gasteiger partial charge in [-0.15, -0.1) is 0 Å². The van der Waals surface area contributed by atoms with Crippen LogP contribution in [0.1, 0.15) is 19.3 Å². The minimum atomic E-state index is 0.554. The van der Waals surface area contributed by atoms with Crippen LogP contribution < -0.4 is 5.32 Å². The zero-order chi connectivity index (χ0) is 9.10. The molecule has 1 aliphatic carbocycles. The highest BCUT2D eigenvalue weighted by Crippen LogP contribution is 2.26. The minimum Gasteiger partial charge on any atom is -0.370 e. The molecule has 0 saturated heterocycles. The molecule has 1 aliphatic rings. The molecule has 70 valence electrons. The summed E-state index contributed by atoms with van der Waals surface area (Å²) in [7, 11) is 0. The number of rotatable bonds is 3. The number of hydrogen-bond donors (Lipinski definition) is 1. The maximum atomic E-state index is 5.76. The molecule has 0 aliphatic heterocycles. The fourth-order valence-electron chi connectivity index (χ4n) is 1.45. The van der Waals surface area contributed by atoms with E-state index in [0.29, 0.717) is 5.15 Å². The van der Waals surface area contributed by atoms with Crippen molar-refractivity contribution in [3.63, 3.8) is 0 Å². The van der Waals surface area contributed by atoms with E-state index < -0.39 is 0 Å². The molecule has 2 rings (SSSR count). The molecule has 1 heterocycles. The summed E-state index contributed by atoms with van der Waals surface area (Å²) >= 11 is 5.76. The number of nitrogens with zero attached hydrogens (tertiary/aromatic N) is 1. The number of anilines is 1. The van der Waals surface area contributed by atoms with Crippen LogP contribution in [0.3, 0.4) is 0 Å². The summed E-state index contributed by atoms with van der Waals surface area (Å²) in [4.78, 5) is 4.16. The summed E-state index contributed by atoms with van der Waals surface area (Å²) in [6.07, 6.45) is 4.09. The third-order valence-corrected chi connectivity index (χ3v) is 2.72. The molecule has 1 fully saturated rings. The number of nitrogens with one attached hydrogen (secondary N) is 1. The Morgan fingerprint density at radius 2 is 2.31 bits per heavy atom. The Hall–Kier alpha value is -0.760. The van der Waals surface area contributed by atoms with E-state index in [0.717, 1.165) is 18.3 Å². The van der Waals surface area contributed by atoms with Crippen LogP contribution in [0.15, 0.2) is 18.2 Å². The van der Waals surface area contributed by atoms with Crippen molar-refractivity contribution in [1.82, 2.24) is 4.98 Å². The highest BCUT2D eigenvalue weighted by molar-refractivity contribution is 6.29. The van der Waals surface area contributed by atoms with Crippen molar-refractivity contribution >= 4 is 17.4 Å². The lowest BCUT2D eigenvalue weighted by Crippen LogP contribution is -2.21. The van der Waals surface area contributed by atoms with E-state index in [9.17, 15) is 0 Å². The van der Waals surface area contributed by atoms with Gasteiger partial charge < -0.3 is 5.32 Å². The smallest absolute Gasteiger partial charge is 0.131 e. The average molecular weight is 197 g/mol. The first-order valence-electron chi connectivity index (χ1n) is 4.71. The van der Waals surface area contributed by atoms with Crippen molar-refractivity contribution in [2.45, 2.75) is 19.3 Å². The SMILES string of the molecule is Clc1cccc(NCC2CCC2)n1. The molecule has 0 unspecified atom stereocenters. The summed E-state index contributed by atoms with van der Waals surface area (Å²) < 4.78 is 0. The van der Waals surface area contributed by atoms with Gasteiger partial charge in [0.15, 0.2) is 0 Å². The predicted molar refractivity (Wildman–Crippen MR) is 55.1 cm³/mol. The van der Waals surface area contributed by atoms with Crippen molar-refractivity contribution in [3.8, 4) is 0 Å². The van der Waals surface area contributed by atoms with Crippen LogP contribution in [0.4, 0.5) is 5.82 Å². The van der Waals surface area contributed by atoms with Gasteiger partial charge >= 0.3 is 0 Å². The van der Waals surface area contributed by atoms with Crippen molar-refractivity contribution in [3.05, 3.63) is 23.4 Å². The largest absolute Gasteiger partial charge is 0.370 e. The maximum absolute atomic E-state index is 5.76. The second kappa shape index (κ2) is 3.97. The van der Waals surface area contributed by atoms with Crippen LogP contribution >= 0.6 is 11.6 Å². The number of pyridine rings is 1. The first-order chi connectivity index (χ1) is 6.34. The van der Waals surface area contributed by atoms with Gasteiger partial charge in [-0.3, -0.25) is 0 Å². The monoisotopic (exact) mass is 196 g/mol. The Kier molecular flexibility index (Phi) is 2.69. The zero-order valence-corrected chi connectivity index (χ0v) is 8.22. The Morgan fingerprint density at radius 3 is 2.92 bits per heavy atom. The molecular formula is C10H13ClN2. The molecule has 1 saturated carbocycles. The number of aromatic nitrogens is 1. The number of halogens is 1. The van der Waals surface area contributed by atoms with Crippen LogP contribution in [0.5, 0.6) is 0 Å². The molecular weight excluding hydrogens is 184 g/mol. The first-order valence-corrected chi connectivity index (χ1v) is 5.09. The molecule has 3 heteroatoms. The normalized spacial score (nSPS) is 16.7. The van der Waals surface area contributed by atoms with Crippen LogP contribution in [-0.2, 0) is 0 Å². The van der Waals surface area contributed by atoms with Gasteiger partial charge in [-0.05, 0) is 30.9 Å². The second-order valence-electron chi connectivity index (χ2n) is 3.52. The van der Waals surface area contributed by atoms with E-state index in [1.165, 1.54) is 19.3 Å². The predicted octanol–water partition coefficient (Wildman–Crippen LogP) is 2.95. The minimum absolute atomic E-state index is 0.554. The second-order valence-corrected chi connectivity index (χ2v) is 3.91. The van der Waals surface area contributed by atoms with E-state index >= 15 is 0 Å². The van der Waals surface area contributed by atoms with Crippen LogP contribution in [0.25, 0.3) is 0 Å². The van der Waals surface area contributed by atoms with Gasteiger partial charge in [0.2, 0.25) is 0 Å². The van der Waals surface area contributed by atoms with Gasteiger partial charge in [0.05, 0.1) is 0 Å². The maximum Gasteiger partial charge on any atom is 0.131 e. The van der Waals surface area contributed by atoms with Crippen LogP contribution in [-0.4, -0.2) is 11.5 Å². The highest BCUT2D eigenvalue weighted by atomic mass is 35.5. The standard InChI is InChI=1S/C10H13ClN2/c11-9-5-2-6-10(13-9)12-7-8-3-1-4-8/h2,5-6,8H,1,3-4,7H2,(H,12,13). The molecule has 0 atom stereocenters. The first kappa shape index (κ1) is 8.82. The van der Waals surface area contributed by atoms with E-state index in [2.05, 4.69) is 10.3 Å². The summed E-state index contributed by atoms with van der Waals surface area (Å²) in [6, 6.07) is 5.65. The summed E-state index contributed by atoms with van der Waals surface area (Å²) in [5.41, 5.74) is 0. The summed E-state index contributed by atoms with van der Waals surface area (Å²) in [5.74, 6) is 1.74. The average Bonchev–Trinajstić information content (AvgIpc) is 2.01. The van der Waals surface area contributed by atoms with Crippen LogP contribution in [0.2, 0.25) is 5.15 Å². The molecule has 13 heavy (non-hydrogen) atoms. The molecule has 1 aromatic heterocycles. The fraction of sp³-hybridized carbons (Fsp3) is 0.500. The lowest BCUT2D eigenvalue weighted by atomic mass is 9.85.